The molecule has 0 saturated carbocycles. The van der Waals surface area contributed by atoms with E-state index in [4.69, 9.17) is 11.1 Å². The van der Waals surface area contributed by atoms with Crippen molar-refractivity contribution in [2.24, 2.45) is 0 Å². The molecule has 0 saturated heterocycles. The molecule has 2 heteroatoms. The van der Waals surface area contributed by atoms with Crippen molar-refractivity contribution in [2.45, 2.75) is 11.1 Å². The SMILES string of the molecule is Cl[Si](c1ccccc1)(C1C=Cc2ccccc21)C1c2ccccc2-c2ccccc21. The van der Waals surface area contributed by atoms with Gasteiger partial charge in [0.15, 0.2) is 0 Å². The first-order chi connectivity index (χ1) is 14.8. The zero-order valence-corrected chi connectivity index (χ0v) is 18.3. The van der Waals surface area contributed by atoms with Gasteiger partial charge in [-0.1, -0.05) is 115 Å². The van der Waals surface area contributed by atoms with Crippen LogP contribution in [0, 0.1) is 0 Å². The molecule has 30 heavy (non-hydrogen) atoms. The molecule has 0 heterocycles. The molecule has 0 fully saturated rings. The lowest BCUT2D eigenvalue weighted by Crippen LogP contribution is -2.53. The van der Waals surface area contributed by atoms with Crippen LogP contribution < -0.4 is 5.19 Å². The van der Waals surface area contributed by atoms with Crippen LogP contribution in [0.3, 0.4) is 0 Å². The molecule has 0 radical (unpaired) electrons. The summed E-state index contributed by atoms with van der Waals surface area (Å²) in [5, 5.41) is 1.30. The van der Waals surface area contributed by atoms with Crippen LogP contribution in [0.15, 0.2) is 109 Å². The third-order valence-corrected chi connectivity index (χ3v) is 12.8. The molecule has 4 aromatic carbocycles. The highest BCUT2D eigenvalue weighted by Gasteiger charge is 2.53. The highest BCUT2D eigenvalue weighted by molar-refractivity contribution is 7.29. The van der Waals surface area contributed by atoms with Crippen LogP contribution in [0.5, 0.6) is 0 Å². The van der Waals surface area contributed by atoms with Crippen LogP contribution in [-0.2, 0) is 0 Å². The summed E-state index contributed by atoms with van der Waals surface area (Å²) in [5.74, 6) is 0. The largest absolute Gasteiger partial charge is 0.209 e. The van der Waals surface area contributed by atoms with E-state index in [0.29, 0.717) is 0 Å². The molecule has 0 amide bonds. The Hall–Kier alpha value is -2.87. The van der Waals surface area contributed by atoms with Gasteiger partial charge in [0.05, 0.1) is 0 Å². The van der Waals surface area contributed by atoms with Crippen molar-refractivity contribution in [1.29, 1.82) is 0 Å². The van der Waals surface area contributed by atoms with Gasteiger partial charge in [-0.3, -0.25) is 0 Å². The molecule has 0 aliphatic heterocycles. The Labute approximate surface area is 183 Å². The summed E-state index contributed by atoms with van der Waals surface area (Å²) >= 11 is 8.05. The van der Waals surface area contributed by atoms with Gasteiger partial charge in [-0.25, -0.2) is 0 Å². The minimum Gasteiger partial charge on any atom is -0.159 e. The van der Waals surface area contributed by atoms with Gasteiger partial charge >= 0.3 is 0 Å². The second-order valence-electron chi connectivity index (χ2n) is 8.21. The first kappa shape index (κ1) is 17.9. The molecule has 2 aliphatic carbocycles. The van der Waals surface area contributed by atoms with Gasteiger partial charge in [0.1, 0.15) is 0 Å². The zero-order chi connectivity index (χ0) is 20.1. The van der Waals surface area contributed by atoms with Crippen molar-refractivity contribution in [2.75, 3.05) is 0 Å². The molecular formula is C28H21ClSi. The topological polar surface area (TPSA) is 0 Å². The Morgan fingerprint density at radius 2 is 1.10 bits per heavy atom. The van der Waals surface area contributed by atoms with Gasteiger partial charge in [0, 0.05) is 11.1 Å². The third-order valence-electron chi connectivity index (χ3n) is 6.72. The maximum Gasteiger partial charge on any atom is 0.209 e. The first-order valence-electron chi connectivity index (χ1n) is 10.5. The van der Waals surface area contributed by atoms with Gasteiger partial charge in [0.2, 0.25) is 7.38 Å². The summed E-state index contributed by atoms with van der Waals surface area (Å²) in [6.45, 7) is 0. The Kier molecular flexibility index (Phi) is 4.09. The number of halogens is 1. The minimum atomic E-state index is -2.63. The predicted molar refractivity (Wildman–Crippen MR) is 130 cm³/mol. The lowest BCUT2D eigenvalue weighted by Gasteiger charge is -2.37. The van der Waals surface area contributed by atoms with Gasteiger partial charge in [-0.05, 0) is 38.6 Å². The highest BCUT2D eigenvalue weighted by atomic mass is 35.6. The first-order valence-corrected chi connectivity index (χ1v) is 13.6. The van der Waals surface area contributed by atoms with Crippen molar-refractivity contribution >= 4 is 29.7 Å². The van der Waals surface area contributed by atoms with E-state index in [2.05, 4.69) is 115 Å². The predicted octanol–water partition coefficient (Wildman–Crippen LogP) is 6.78. The van der Waals surface area contributed by atoms with Crippen LogP contribution in [0.1, 0.15) is 33.3 Å². The molecule has 6 rings (SSSR count). The van der Waals surface area contributed by atoms with E-state index in [0.717, 1.165) is 0 Å². The fourth-order valence-electron chi connectivity index (χ4n) is 5.44. The van der Waals surface area contributed by atoms with E-state index in [1.165, 1.54) is 38.6 Å². The fourth-order valence-corrected chi connectivity index (χ4v) is 11.4. The molecule has 0 aromatic heterocycles. The van der Waals surface area contributed by atoms with E-state index in [-0.39, 0.29) is 11.1 Å². The van der Waals surface area contributed by atoms with E-state index in [1.807, 2.05) is 0 Å². The summed E-state index contributed by atoms with van der Waals surface area (Å²) in [7, 11) is -2.63. The molecule has 144 valence electrons. The number of hydrogen-bond acceptors (Lipinski definition) is 0. The van der Waals surface area contributed by atoms with Crippen molar-refractivity contribution < 1.29 is 0 Å². The Morgan fingerprint density at radius 3 is 1.77 bits per heavy atom. The van der Waals surface area contributed by atoms with Crippen molar-refractivity contribution in [3.63, 3.8) is 0 Å². The van der Waals surface area contributed by atoms with Gasteiger partial charge in [0.25, 0.3) is 0 Å². The van der Waals surface area contributed by atoms with Crippen LogP contribution in [0.25, 0.3) is 17.2 Å². The van der Waals surface area contributed by atoms with Crippen LogP contribution in [-0.4, -0.2) is 7.38 Å². The average molecular weight is 421 g/mol. The molecule has 2 unspecified atom stereocenters. The molecule has 4 aromatic rings. The molecule has 0 bridgehead atoms. The second-order valence-corrected chi connectivity index (χ2v) is 13.4. The zero-order valence-electron chi connectivity index (χ0n) is 16.5. The molecule has 0 nitrogen and oxygen atoms in total. The van der Waals surface area contributed by atoms with E-state index in [1.54, 1.807) is 0 Å². The summed E-state index contributed by atoms with van der Waals surface area (Å²) in [6, 6.07) is 37.3. The van der Waals surface area contributed by atoms with Gasteiger partial charge in [-0.2, -0.15) is 11.1 Å². The van der Waals surface area contributed by atoms with E-state index < -0.39 is 7.38 Å². The van der Waals surface area contributed by atoms with Crippen LogP contribution in [0.2, 0.25) is 0 Å². The lowest BCUT2D eigenvalue weighted by molar-refractivity contribution is 1.07. The quantitative estimate of drug-likeness (QED) is 0.253. The van der Waals surface area contributed by atoms with E-state index >= 15 is 0 Å². The van der Waals surface area contributed by atoms with Crippen molar-refractivity contribution in [3.05, 3.63) is 131 Å². The van der Waals surface area contributed by atoms with Crippen LogP contribution in [0.4, 0.5) is 0 Å². The van der Waals surface area contributed by atoms with Crippen LogP contribution >= 0.6 is 11.1 Å². The average Bonchev–Trinajstić information content (AvgIpc) is 3.39. The molecule has 0 N–H and O–H groups in total. The monoisotopic (exact) mass is 420 g/mol. The highest BCUT2D eigenvalue weighted by Crippen LogP contribution is 2.54. The Balaban J connectivity index is 1.65. The van der Waals surface area contributed by atoms with Crippen molar-refractivity contribution in [3.8, 4) is 11.1 Å². The Bertz CT molecular complexity index is 1230. The normalized spacial score (nSPS) is 18.5. The smallest absolute Gasteiger partial charge is 0.159 e. The maximum absolute atomic E-state index is 8.05. The third kappa shape index (κ3) is 2.46. The summed E-state index contributed by atoms with van der Waals surface area (Å²) in [6.07, 6.45) is 4.63. The molecule has 2 atom stereocenters. The molecule has 0 spiro atoms. The lowest BCUT2D eigenvalue weighted by atomic mass is 10.1. The minimum absolute atomic E-state index is 0.203. The number of allylic oxidation sites excluding steroid dienone is 1. The second kappa shape index (κ2) is 6.83. The van der Waals surface area contributed by atoms with Crippen molar-refractivity contribution in [1.82, 2.24) is 0 Å². The number of benzene rings is 4. The van der Waals surface area contributed by atoms with Gasteiger partial charge < -0.3 is 0 Å². The number of rotatable bonds is 3. The standard InChI is InChI=1S/C28H21ClSi/c29-30(21-11-2-1-3-12-21,27-19-18-20-10-4-5-13-22(20)27)28-25-16-8-6-14-23(25)24-15-7-9-17-26(24)28/h1-19,27-28H. The van der Waals surface area contributed by atoms with E-state index in [9.17, 15) is 0 Å². The molecule has 2 aliphatic rings. The number of fused-ring (bicyclic) bond motifs is 4. The summed E-state index contributed by atoms with van der Waals surface area (Å²) in [4.78, 5) is 0. The summed E-state index contributed by atoms with van der Waals surface area (Å²) < 4.78 is 0. The molecular weight excluding hydrogens is 400 g/mol. The maximum atomic E-state index is 8.05. The Morgan fingerprint density at radius 1 is 0.567 bits per heavy atom. The summed E-state index contributed by atoms with van der Waals surface area (Å²) in [5.41, 5.74) is 8.52. The number of hydrogen-bond donors (Lipinski definition) is 0. The fraction of sp³-hybridized carbons (Fsp3) is 0.0714. The van der Waals surface area contributed by atoms with Gasteiger partial charge in [-0.15, -0.1) is 0 Å².